The number of anilines is 1. The van der Waals surface area contributed by atoms with Gasteiger partial charge in [-0.2, -0.15) is 0 Å². The van der Waals surface area contributed by atoms with Crippen molar-refractivity contribution in [3.63, 3.8) is 0 Å². The zero-order chi connectivity index (χ0) is 16.5. The highest BCUT2D eigenvalue weighted by molar-refractivity contribution is 7.13. The van der Waals surface area contributed by atoms with Crippen molar-refractivity contribution in [2.24, 2.45) is 0 Å². The van der Waals surface area contributed by atoms with Gasteiger partial charge >= 0.3 is 0 Å². The Balaban J connectivity index is 1.86. The molecular weight excluding hydrogens is 324 g/mol. The lowest BCUT2D eigenvalue weighted by molar-refractivity contribution is 0.102. The quantitative estimate of drug-likeness (QED) is 0.613. The lowest BCUT2D eigenvalue weighted by Crippen LogP contribution is -2.13. The van der Waals surface area contributed by atoms with Crippen LogP contribution in [0.4, 0.5) is 5.13 Å². The van der Waals surface area contributed by atoms with Gasteiger partial charge in [0.1, 0.15) is 0 Å². The fraction of sp³-hybridized carbons (Fsp3) is 0.0588. The molecule has 1 N–H and O–H groups in total. The number of fused-ring (bicyclic) bond motifs is 1. The van der Waals surface area contributed by atoms with Gasteiger partial charge in [0, 0.05) is 17.1 Å². The molecule has 1 amide bonds. The molecule has 0 bridgehead atoms. The maximum absolute atomic E-state index is 12.7. The van der Waals surface area contributed by atoms with E-state index in [4.69, 9.17) is 4.52 Å². The number of hydrogen-bond acceptors (Lipinski definition) is 6. The molecule has 0 saturated carbocycles. The molecular formula is C17H12N4O2S. The molecule has 1 aromatic carbocycles. The van der Waals surface area contributed by atoms with E-state index in [1.807, 2.05) is 30.3 Å². The number of pyridine rings is 1. The Hall–Kier alpha value is -3.06. The first kappa shape index (κ1) is 14.5. The molecule has 0 fully saturated rings. The van der Waals surface area contributed by atoms with Crippen molar-refractivity contribution in [3.05, 3.63) is 59.2 Å². The molecule has 6 nitrogen and oxygen atoms in total. The number of amides is 1. The summed E-state index contributed by atoms with van der Waals surface area (Å²) in [5.74, 6) is -0.263. The number of nitrogens with one attached hydrogen (secondary N) is 1. The van der Waals surface area contributed by atoms with Crippen LogP contribution in [0.1, 0.15) is 16.1 Å². The van der Waals surface area contributed by atoms with Gasteiger partial charge in [-0.05, 0) is 13.0 Å². The third-order valence-corrected chi connectivity index (χ3v) is 4.27. The minimum atomic E-state index is -0.263. The Morgan fingerprint density at radius 1 is 1.25 bits per heavy atom. The average Bonchev–Trinajstić information content (AvgIpc) is 3.25. The standard InChI is InChI=1S/C17H12N4O2S/c1-10-14-12(15(22)20-17-18-7-8-24-17)9-13(19-16(14)23-21-10)11-5-3-2-4-6-11/h2-9H,1H3,(H,18,20,22). The van der Waals surface area contributed by atoms with Crippen molar-refractivity contribution in [1.82, 2.24) is 15.1 Å². The second-order valence-electron chi connectivity index (χ2n) is 5.16. The van der Waals surface area contributed by atoms with Gasteiger partial charge in [-0.15, -0.1) is 11.3 Å². The highest BCUT2D eigenvalue weighted by Crippen LogP contribution is 2.27. The van der Waals surface area contributed by atoms with E-state index < -0.39 is 0 Å². The van der Waals surface area contributed by atoms with E-state index in [9.17, 15) is 4.79 Å². The molecule has 7 heteroatoms. The van der Waals surface area contributed by atoms with Crippen LogP contribution in [0.15, 0.2) is 52.5 Å². The van der Waals surface area contributed by atoms with Crippen LogP contribution < -0.4 is 5.32 Å². The zero-order valence-corrected chi connectivity index (χ0v) is 13.5. The van der Waals surface area contributed by atoms with Crippen LogP contribution >= 0.6 is 11.3 Å². The third-order valence-electron chi connectivity index (χ3n) is 3.58. The summed E-state index contributed by atoms with van der Waals surface area (Å²) in [5.41, 5.74) is 2.99. The Kier molecular flexibility index (Phi) is 3.55. The molecule has 0 aliphatic rings. The minimum Gasteiger partial charge on any atom is -0.335 e. The van der Waals surface area contributed by atoms with Crippen molar-refractivity contribution >= 4 is 33.5 Å². The van der Waals surface area contributed by atoms with Crippen LogP contribution in [-0.4, -0.2) is 21.0 Å². The van der Waals surface area contributed by atoms with E-state index in [1.165, 1.54) is 11.3 Å². The molecule has 0 saturated heterocycles. The molecule has 4 rings (SSSR count). The van der Waals surface area contributed by atoms with Crippen LogP contribution in [0.25, 0.3) is 22.4 Å². The molecule has 0 aliphatic heterocycles. The Bertz CT molecular complexity index is 1010. The largest absolute Gasteiger partial charge is 0.335 e. The normalized spacial score (nSPS) is 10.9. The molecule has 0 unspecified atom stereocenters. The number of rotatable bonds is 3. The maximum Gasteiger partial charge on any atom is 0.259 e. The van der Waals surface area contributed by atoms with Crippen LogP contribution in [0.2, 0.25) is 0 Å². The van der Waals surface area contributed by atoms with E-state index in [0.717, 1.165) is 5.56 Å². The van der Waals surface area contributed by atoms with E-state index in [2.05, 4.69) is 20.4 Å². The monoisotopic (exact) mass is 336 g/mol. The van der Waals surface area contributed by atoms with Crippen LogP contribution in [0, 0.1) is 6.92 Å². The fourth-order valence-corrected chi connectivity index (χ4v) is 3.00. The molecule has 0 atom stereocenters. The van der Waals surface area contributed by atoms with Crippen molar-refractivity contribution in [2.45, 2.75) is 6.92 Å². The first-order chi connectivity index (χ1) is 11.7. The Morgan fingerprint density at radius 3 is 2.83 bits per heavy atom. The highest BCUT2D eigenvalue weighted by atomic mass is 32.1. The minimum absolute atomic E-state index is 0.263. The number of hydrogen-bond donors (Lipinski definition) is 1. The lowest BCUT2D eigenvalue weighted by atomic mass is 10.1. The zero-order valence-electron chi connectivity index (χ0n) is 12.7. The van der Waals surface area contributed by atoms with E-state index in [0.29, 0.717) is 33.2 Å². The average molecular weight is 336 g/mol. The first-order valence-corrected chi connectivity index (χ1v) is 8.13. The predicted octanol–water partition coefficient (Wildman–Crippen LogP) is 3.91. The van der Waals surface area contributed by atoms with Crippen molar-refractivity contribution in [3.8, 4) is 11.3 Å². The number of aromatic nitrogens is 3. The van der Waals surface area contributed by atoms with E-state index in [1.54, 1.807) is 24.6 Å². The molecule has 24 heavy (non-hydrogen) atoms. The summed E-state index contributed by atoms with van der Waals surface area (Å²) in [7, 11) is 0. The lowest BCUT2D eigenvalue weighted by Gasteiger charge is -2.06. The van der Waals surface area contributed by atoms with Crippen LogP contribution in [-0.2, 0) is 0 Å². The number of thiazole rings is 1. The Labute approximate surface area is 141 Å². The summed E-state index contributed by atoms with van der Waals surface area (Å²) in [6.07, 6.45) is 1.64. The smallest absolute Gasteiger partial charge is 0.259 e. The first-order valence-electron chi connectivity index (χ1n) is 7.25. The van der Waals surface area contributed by atoms with Gasteiger partial charge in [-0.25, -0.2) is 9.97 Å². The molecule has 0 radical (unpaired) electrons. The number of aryl methyl sites for hydroxylation is 1. The second kappa shape index (κ2) is 5.86. The van der Waals surface area contributed by atoms with E-state index in [-0.39, 0.29) is 5.91 Å². The summed E-state index contributed by atoms with van der Waals surface area (Å²) >= 11 is 1.36. The number of carbonyl (C=O) groups is 1. The summed E-state index contributed by atoms with van der Waals surface area (Å²) in [5, 5.41) is 9.70. The molecule has 0 aliphatic carbocycles. The van der Waals surface area contributed by atoms with Crippen molar-refractivity contribution in [2.75, 3.05) is 5.32 Å². The van der Waals surface area contributed by atoms with Gasteiger partial charge < -0.3 is 4.52 Å². The molecule has 118 valence electrons. The van der Waals surface area contributed by atoms with Gasteiger partial charge in [0.25, 0.3) is 11.6 Å². The highest BCUT2D eigenvalue weighted by Gasteiger charge is 2.19. The van der Waals surface area contributed by atoms with Crippen LogP contribution in [0.3, 0.4) is 0 Å². The molecule has 3 heterocycles. The fourth-order valence-electron chi connectivity index (χ4n) is 2.48. The van der Waals surface area contributed by atoms with Crippen molar-refractivity contribution in [1.29, 1.82) is 0 Å². The Morgan fingerprint density at radius 2 is 2.08 bits per heavy atom. The third kappa shape index (κ3) is 2.55. The van der Waals surface area contributed by atoms with Gasteiger partial charge in [-0.1, -0.05) is 35.5 Å². The van der Waals surface area contributed by atoms with Gasteiger partial charge in [0.2, 0.25) is 0 Å². The SMILES string of the molecule is Cc1noc2nc(-c3ccccc3)cc(C(=O)Nc3nccs3)c12. The predicted molar refractivity (Wildman–Crippen MR) is 92.0 cm³/mol. The molecule has 3 aromatic heterocycles. The molecule has 4 aromatic rings. The second-order valence-corrected chi connectivity index (χ2v) is 6.06. The van der Waals surface area contributed by atoms with Crippen molar-refractivity contribution < 1.29 is 9.32 Å². The van der Waals surface area contributed by atoms with Gasteiger partial charge in [0.05, 0.1) is 22.3 Å². The van der Waals surface area contributed by atoms with E-state index >= 15 is 0 Å². The number of benzene rings is 1. The summed E-state index contributed by atoms with van der Waals surface area (Å²) < 4.78 is 5.28. The van der Waals surface area contributed by atoms with Gasteiger partial charge in [-0.3, -0.25) is 10.1 Å². The maximum atomic E-state index is 12.7. The summed E-state index contributed by atoms with van der Waals surface area (Å²) in [6, 6.07) is 11.4. The molecule has 0 spiro atoms. The topological polar surface area (TPSA) is 80.9 Å². The number of carbonyl (C=O) groups excluding carboxylic acids is 1. The summed E-state index contributed by atoms with van der Waals surface area (Å²) in [4.78, 5) is 21.3. The summed E-state index contributed by atoms with van der Waals surface area (Å²) in [6.45, 7) is 1.79. The van der Waals surface area contributed by atoms with Gasteiger partial charge in [0.15, 0.2) is 5.13 Å². The number of nitrogens with zero attached hydrogens (tertiary/aromatic N) is 3. The van der Waals surface area contributed by atoms with Crippen LogP contribution in [0.5, 0.6) is 0 Å².